The van der Waals surface area contributed by atoms with Gasteiger partial charge in [-0.25, -0.2) is 0 Å². The van der Waals surface area contributed by atoms with E-state index >= 15 is 0 Å². The second-order valence-electron chi connectivity index (χ2n) is 3.83. The number of hydrogen-bond donors (Lipinski definition) is 0. The molecule has 0 saturated heterocycles. The number of aryl methyl sites for hydroxylation is 1. The summed E-state index contributed by atoms with van der Waals surface area (Å²) in [5.41, 5.74) is 1.28. The zero-order chi connectivity index (χ0) is 11.5. The Morgan fingerprint density at radius 1 is 1.00 bits per heavy atom. The lowest BCUT2D eigenvalue weighted by molar-refractivity contribution is 1.52. The lowest BCUT2D eigenvalue weighted by atomic mass is 10.2. The van der Waals surface area contributed by atoms with Crippen molar-refractivity contribution in [3.8, 4) is 0 Å². The van der Waals surface area contributed by atoms with Crippen molar-refractivity contribution < 1.29 is 0 Å². The van der Waals surface area contributed by atoms with Gasteiger partial charge in [-0.3, -0.25) is 0 Å². The molecule has 2 aromatic rings. The van der Waals surface area contributed by atoms with Crippen LogP contribution in [0.5, 0.6) is 0 Å². The number of hydrogen-bond acceptors (Lipinski definition) is 0. The fourth-order valence-electron chi connectivity index (χ4n) is 1.79. The largest absolute Gasteiger partial charge is 0.0843 e. The molecule has 2 aromatic carbocycles. The highest BCUT2D eigenvalue weighted by atomic mass is 35.5. The predicted molar refractivity (Wildman–Crippen MR) is 74.7 cm³/mol. The van der Waals surface area contributed by atoms with E-state index in [4.69, 9.17) is 11.6 Å². The Morgan fingerprint density at radius 3 is 2.31 bits per heavy atom. The molecule has 2 heteroatoms. The van der Waals surface area contributed by atoms with Gasteiger partial charge in [0.05, 0.1) is 0 Å². The van der Waals surface area contributed by atoms with E-state index in [-0.39, 0.29) is 7.92 Å². The van der Waals surface area contributed by atoms with Crippen molar-refractivity contribution in [3.63, 3.8) is 0 Å². The molecule has 0 radical (unpaired) electrons. The van der Waals surface area contributed by atoms with Crippen LogP contribution in [0.2, 0.25) is 5.02 Å². The molecule has 0 nitrogen and oxygen atoms in total. The van der Waals surface area contributed by atoms with E-state index in [1.807, 2.05) is 12.1 Å². The molecule has 16 heavy (non-hydrogen) atoms. The van der Waals surface area contributed by atoms with Crippen molar-refractivity contribution in [1.29, 1.82) is 0 Å². The van der Waals surface area contributed by atoms with Crippen LogP contribution in [0, 0.1) is 6.92 Å². The zero-order valence-electron chi connectivity index (χ0n) is 9.44. The van der Waals surface area contributed by atoms with E-state index in [1.54, 1.807) is 0 Å². The Morgan fingerprint density at radius 2 is 1.69 bits per heavy atom. The smallest absolute Gasteiger partial charge is 0.0409 e. The predicted octanol–water partition coefficient (Wildman–Crippen LogP) is 3.71. The fraction of sp³-hybridized carbons (Fsp3) is 0.143. The van der Waals surface area contributed by atoms with Crippen LogP contribution < -0.4 is 10.6 Å². The van der Waals surface area contributed by atoms with Crippen LogP contribution in [0.15, 0.2) is 48.5 Å². The minimum atomic E-state index is -0.263. The summed E-state index contributed by atoms with van der Waals surface area (Å²) in [6, 6.07) is 16.8. The van der Waals surface area contributed by atoms with Crippen molar-refractivity contribution in [3.05, 3.63) is 59.1 Å². The highest BCUT2D eigenvalue weighted by Gasteiger charge is 2.09. The van der Waals surface area contributed by atoms with Crippen molar-refractivity contribution in [2.75, 3.05) is 6.66 Å². The second kappa shape index (κ2) is 4.99. The number of halogens is 1. The Hall–Kier alpha value is -0.840. The van der Waals surface area contributed by atoms with Gasteiger partial charge < -0.3 is 0 Å². The fourth-order valence-corrected chi connectivity index (χ4v) is 3.80. The summed E-state index contributed by atoms with van der Waals surface area (Å²) in [7, 11) is -0.263. The molecule has 0 amide bonds. The van der Waals surface area contributed by atoms with Crippen LogP contribution in [0.1, 0.15) is 5.56 Å². The first-order chi connectivity index (χ1) is 7.68. The molecule has 1 atom stereocenters. The van der Waals surface area contributed by atoms with E-state index in [2.05, 4.69) is 50.0 Å². The molecule has 0 aromatic heterocycles. The van der Waals surface area contributed by atoms with Gasteiger partial charge in [0.15, 0.2) is 0 Å². The van der Waals surface area contributed by atoms with Gasteiger partial charge in [-0.15, -0.1) is 0 Å². The van der Waals surface area contributed by atoms with Crippen molar-refractivity contribution in [1.82, 2.24) is 0 Å². The third-order valence-corrected chi connectivity index (χ3v) is 5.20. The summed E-state index contributed by atoms with van der Waals surface area (Å²) in [5, 5.41) is 3.63. The second-order valence-corrected chi connectivity index (χ2v) is 6.38. The Kier molecular flexibility index (Phi) is 3.63. The van der Waals surface area contributed by atoms with Gasteiger partial charge in [0.1, 0.15) is 0 Å². The SMILES string of the molecule is Cc1cc(Cl)ccc1P(C)c1ccccc1. The maximum absolute atomic E-state index is 5.97. The Labute approximate surface area is 103 Å². The minimum absolute atomic E-state index is 0.263. The Bertz CT molecular complexity index is 479. The molecule has 2 rings (SSSR count). The molecular weight excluding hydrogens is 235 g/mol. The maximum Gasteiger partial charge on any atom is 0.0409 e. The van der Waals surface area contributed by atoms with Crippen LogP contribution in [0.25, 0.3) is 0 Å². The quantitative estimate of drug-likeness (QED) is 0.711. The number of benzene rings is 2. The molecule has 0 bridgehead atoms. The zero-order valence-corrected chi connectivity index (χ0v) is 11.1. The first kappa shape index (κ1) is 11.6. The summed E-state index contributed by atoms with van der Waals surface area (Å²) >= 11 is 5.97. The van der Waals surface area contributed by atoms with E-state index in [0.29, 0.717) is 0 Å². The summed E-state index contributed by atoms with van der Waals surface area (Å²) in [4.78, 5) is 0. The third kappa shape index (κ3) is 2.45. The number of rotatable bonds is 2. The van der Waals surface area contributed by atoms with Gasteiger partial charge in [-0.2, -0.15) is 0 Å². The van der Waals surface area contributed by atoms with Crippen LogP contribution in [-0.4, -0.2) is 6.66 Å². The molecule has 82 valence electrons. The normalized spacial score (nSPS) is 12.4. The molecule has 0 aliphatic carbocycles. The van der Waals surface area contributed by atoms with Crippen LogP contribution >= 0.6 is 19.5 Å². The molecule has 0 heterocycles. The third-order valence-electron chi connectivity index (χ3n) is 2.66. The van der Waals surface area contributed by atoms with Crippen molar-refractivity contribution in [2.24, 2.45) is 0 Å². The molecule has 0 spiro atoms. The molecule has 0 aliphatic heterocycles. The molecule has 0 aliphatic rings. The van der Waals surface area contributed by atoms with Crippen LogP contribution in [-0.2, 0) is 0 Å². The van der Waals surface area contributed by atoms with E-state index in [1.165, 1.54) is 16.2 Å². The van der Waals surface area contributed by atoms with E-state index < -0.39 is 0 Å². The molecule has 1 unspecified atom stereocenters. The average Bonchev–Trinajstić information content (AvgIpc) is 2.29. The highest BCUT2D eigenvalue weighted by molar-refractivity contribution is 7.72. The average molecular weight is 249 g/mol. The Balaban J connectivity index is 2.38. The van der Waals surface area contributed by atoms with Crippen LogP contribution in [0.3, 0.4) is 0 Å². The molecule has 0 saturated carbocycles. The van der Waals surface area contributed by atoms with Gasteiger partial charge >= 0.3 is 0 Å². The van der Waals surface area contributed by atoms with Crippen molar-refractivity contribution >= 4 is 30.1 Å². The lowest BCUT2D eigenvalue weighted by Crippen LogP contribution is -2.13. The van der Waals surface area contributed by atoms with Gasteiger partial charge in [-0.05, 0) is 49.8 Å². The first-order valence-corrected chi connectivity index (χ1v) is 7.40. The van der Waals surface area contributed by atoms with E-state index in [9.17, 15) is 0 Å². The summed E-state index contributed by atoms with van der Waals surface area (Å²) in [5.74, 6) is 0. The van der Waals surface area contributed by atoms with Crippen LogP contribution in [0.4, 0.5) is 0 Å². The summed E-state index contributed by atoms with van der Waals surface area (Å²) in [6.07, 6.45) is 0. The molecule has 0 N–H and O–H groups in total. The van der Waals surface area contributed by atoms with Gasteiger partial charge in [0.25, 0.3) is 0 Å². The first-order valence-electron chi connectivity index (χ1n) is 5.23. The minimum Gasteiger partial charge on any atom is -0.0843 e. The maximum atomic E-state index is 5.97. The topological polar surface area (TPSA) is 0 Å². The summed E-state index contributed by atoms with van der Waals surface area (Å²) < 4.78 is 0. The molecular formula is C14H14ClP. The van der Waals surface area contributed by atoms with Gasteiger partial charge in [0, 0.05) is 5.02 Å². The molecule has 0 fully saturated rings. The monoisotopic (exact) mass is 248 g/mol. The highest BCUT2D eigenvalue weighted by Crippen LogP contribution is 2.30. The van der Waals surface area contributed by atoms with E-state index in [0.717, 1.165) is 5.02 Å². The lowest BCUT2D eigenvalue weighted by Gasteiger charge is -2.15. The standard InChI is InChI=1S/C14H14ClP/c1-11-10-12(15)8-9-14(11)16(2)13-6-4-3-5-7-13/h3-10H,1-2H3. The van der Waals surface area contributed by atoms with Gasteiger partial charge in [-0.1, -0.05) is 48.0 Å². The summed E-state index contributed by atoms with van der Waals surface area (Å²) in [6.45, 7) is 4.42. The van der Waals surface area contributed by atoms with Crippen molar-refractivity contribution in [2.45, 2.75) is 6.92 Å². The van der Waals surface area contributed by atoms with Gasteiger partial charge in [0.2, 0.25) is 0 Å².